The zero-order chi connectivity index (χ0) is 30.7. The molecule has 19 heteroatoms. The summed E-state index contributed by atoms with van der Waals surface area (Å²) in [6, 6.07) is 3.74. The van der Waals surface area contributed by atoms with E-state index in [1.807, 2.05) is 17.0 Å². The fraction of sp³-hybridized carbons (Fsp3) is 0.292. The van der Waals surface area contributed by atoms with E-state index in [9.17, 15) is 24.3 Å². The van der Waals surface area contributed by atoms with E-state index in [-0.39, 0.29) is 38.2 Å². The number of amides is 1. The van der Waals surface area contributed by atoms with Gasteiger partial charge in [0.05, 0.1) is 21.7 Å². The molecule has 0 saturated carbocycles. The molecule has 0 atom stereocenters. The molecule has 0 aliphatic carbocycles. The van der Waals surface area contributed by atoms with Gasteiger partial charge in [-0.3, -0.25) is 28.6 Å². The molecule has 5 rings (SSSR count). The minimum atomic E-state index is -1.27. The summed E-state index contributed by atoms with van der Waals surface area (Å²) in [6.45, 7) is -0.163. The van der Waals surface area contributed by atoms with Crippen LogP contribution in [0.3, 0.4) is 0 Å². The van der Waals surface area contributed by atoms with E-state index in [1.165, 1.54) is 11.8 Å². The second-order valence-electron chi connectivity index (χ2n) is 8.77. The van der Waals surface area contributed by atoms with Gasteiger partial charge in [-0.2, -0.15) is 0 Å². The third-order valence-corrected chi connectivity index (χ3v) is 10.5. The largest absolute Gasteiger partial charge is 0.481 e. The van der Waals surface area contributed by atoms with Gasteiger partial charge in [0.2, 0.25) is 6.79 Å². The normalized spacial score (nSPS) is 18.3. The minimum absolute atomic E-state index is 0.0661. The lowest BCUT2D eigenvalue weighted by molar-refractivity contribution is -0.432. The topological polar surface area (TPSA) is 177 Å². The number of nitrogens with zero attached hydrogens (tertiary/aromatic N) is 3. The number of aromatic nitrogens is 1. The Kier molecular flexibility index (Phi) is 10.0. The van der Waals surface area contributed by atoms with Gasteiger partial charge < -0.3 is 24.6 Å². The number of carbonyl (C=O) groups is 3. The molecular formula is C24H21N3O11S5. The monoisotopic (exact) mass is 687 g/mol. The zero-order valence-corrected chi connectivity index (χ0v) is 25.8. The number of carboxylic acid groups (broad SMARTS) is 2. The lowest BCUT2D eigenvalue weighted by atomic mass is 10.2. The van der Waals surface area contributed by atoms with E-state index in [0.29, 0.717) is 30.2 Å². The predicted molar refractivity (Wildman–Crippen MR) is 163 cm³/mol. The van der Waals surface area contributed by atoms with Gasteiger partial charge in [0.15, 0.2) is 11.5 Å². The number of fused-ring (bicyclic) bond motifs is 2. The number of thiazole rings is 1. The van der Waals surface area contributed by atoms with Crippen LogP contribution in [0, 0.1) is 0 Å². The van der Waals surface area contributed by atoms with Crippen LogP contribution in [0.2, 0.25) is 0 Å². The SMILES string of the molecule is O=C(O)CCN1C(=O)C(=c2sc(=CC=C3Sc4cc5c(cc4N3CCCSOOO)OCO5)c(=O)n2CC(=O)O)SC1=S. The Balaban J connectivity index is 1.52. The molecule has 0 unspecified atom stereocenters. The number of ether oxygens (including phenoxy) is 2. The molecule has 43 heavy (non-hydrogen) atoms. The first-order valence-electron chi connectivity index (χ1n) is 12.3. The van der Waals surface area contributed by atoms with Crippen molar-refractivity contribution in [1.82, 2.24) is 9.47 Å². The van der Waals surface area contributed by atoms with Gasteiger partial charge in [0, 0.05) is 47.9 Å². The average molecular weight is 688 g/mol. The summed E-state index contributed by atoms with van der Waals surface area (Å²) in [4.78, 5) is 53.3. The Bertz CT molecular complexity index is 1700. The molecule has 2 aromatic rings. The lowest BCUT2D eigenvalue weighted by Gasteiger charge is -2.20. The quantitative estimate of drug-likeness (QED) is 0.0968. The molecule has 0 radical (unpaired) electrons. The number of carbonyl (C=O) groups excluding carboxylic acids is 1. The average Bonchev–Trinajstić information content (AvgIpc) is 3.70. The highest BCUT2D eigenvalue weighted by Gasteiger charge is 2.34. The molecule has 1 aromatic heterocycles. The van der Waals surface area contributed by atoms with Crippen LogP contribution in [-0.2, 0) is 30.3 Å². The lowest BCUT2D eigenvalue weighted by Crippen LogP contribution is -2.36. The van der Waals surface area contributed by atoms with E-state index < -0.39 is 29.9 Å². The number of benzene rings is 1. The summed E-state index contributed by atoms with van der Waals surface area (Å²) < 4.78 is 16.9. The molecular weight excluding hydrogens is 667 g/mol. The molecule has 1 fully saturated rings. The molecule has 1 amide bonds. The Hall–Kier alpha value is -3.04. The van der Waals surface area contributed by atoms with Crippen LogP contribution < -0.4 is 29.1 Å². The van der Waals surface area contributed by atoms with Crippen LogP contribution in [0.15, 0.2) is 32.9 Å². The maximum atomic E-state index is 13.4. The van der Waals surface area contributed by atoms with Crippen molar-refractivity contribution in [3.63, 3.8) is 0 Å². The fourth-order valence-corrected chi connectivity index (χ4v) is 8.21. The minimum Gasteiger partial charge on any atom is -0.481 e. The smallest absolute Gasteiger partial charge is 0.323 e. The summed E-state index contributed by atoms with van der Waals surface area (Å²) in [6.07, 6.45) is 3.61. The van der Waals surface area contributed by atoms with Crippen molar-refractivity contribution in [2.45, 2.75) is 24.3 Å². The van der Waals surface area contributed by atoms with Gasteiger partial charge in [-0.05, 0) is 18.6 Å². The molecule has 3 N–H and O–H groups in total. The van der Waals surface area contributed by atoms with Crippen molar-refractivity contribution in [2.75, 3.05) is 30.5 Å². The van der Waals surface area contributed by atoms with Crippen molar-refractivity contribution >= 4 is 98.0 Å². The van der Waals surface area contributed by atoms with Crippen molar-refractivity contribution in [3.8, 4) is 11.5 Å². The standard InChI is InChI=1S/C24H21N3O11S5/c28-18(29)4-6-26-22(33)20(43-24(26)39)23-27(10-19(30)31)21(32)15(42-23)2-3-17-25(5-1-7-40-38-37-34)12-8-13-14(36-11-35-13)9-16(12)41-17/h2-3,8-9,34H,1,4-7,10-11H2,(H,28,29)(H,30,31). The number of thiocarbonyl (C=S) groups is 1. The first-order chi connectivity index (χ1) is 20.7. The highest BCUT2D eigenvalue weighted by atomic mass is 32.2. The number of carboxylic acids is 2. The third-order valence-electron chi connectivity index (χ3n) is 6.08. The maximum Gasteiger partial charge on any atom is 0.323 e. The number of hydrogen-bond donors (Lipinski definition) is 3. The van der Waals surface area contributed by atoms with Crippen LogP contribution in [0.25, 0.3) is 11.0 Å². The van der Waals surface area contributed by atoms with Gasteiger partial charge in [0.1, 0.15) is 20.4 Å². The summed E-state index contributed by atoms with van der Waals surface area (Å²) in [5.74, 6) is -1.23. The molecule has 1 saturated heterocycles. The Morgan fingerprint density at radius 1 is 1.07 bits per heavy atom. The van der Waals surface area contributed by atoms with E-state index in [1.54, 1.807) is 12.2 Å². The number of anilines is 1. The van der Waals surface area contributed by atoms with E-state index in [2.05, 4.69) is 9.37 Å². The summed E-state index contributed by atoms with van der Waals surface area (Å²) in [7, 11) is 0. The molecule has 4 heterocycles. The van der Waals surface area contributed by atoms with Gasteiger partial charge in [-0.25, -0.2) is 5.26 Å². The second-order valence-corrected chi connectivity index (χ2v) is 13.3. The predicted octanol–water partition coefficient (Wildman–Crippen LogP) is 1.86. The number of allylic oxidation sites excluding steroid dienone is 1. The van der Waals surface area contributed by atoms with Gasteiger partial charge in [-0.15, -0.1) is 15.7 Å². The molecule has 3 aliphatic rings. The molecule has 1 aromatic carbocycles. The van der Waals surface area contributed by atoms with E-state index >= 15 is 0 Å². The number of aliphatic carboxylic acids is 2. The van der Waals surface area contributed by atoms with Crippen LogP contribution in [0.4, 0.5) is 5.69 Å². The summed E-state index contributed by atoms with van der Waals surface area (Å²) >= 11 is 9.49. The molecule has 0 bridgehead atoms. The van der Waals surface area contributed by atoms with Gasteiger partial charge in [0.25, 0.3) is 11.5 Å². The van der Waals surface area contributed by atoms with E-state index in [0.717, 1.165) is 60.2 Å². The Morgan fingerprint density at radius 3 is 2.56 bits per heavy atom. The Morgan fingerprint density at radius 2 is 1.84 bits per heavy atom. The number of rotatable bonds is 12. The first kappa shape index (κ1) is 31.4. The molecule has 14 nitrogen and oxygen atoms in total. The fourth-order valence-electron chi connectivity index (χ4n) is 4.24. The van der Waals surface area contributed by atoms with Gasteiger partial charge >= 0.3 is 11.9 Å². The van der Waals surface area contributed by atoms with Gasteiger partial charge in [-0.1, -0.05) is 40.8 Å². The van der Waals surface area contributed by atoms with Crippen molar-refractivity contribution in [2.24, 2.45) is 0 Å². The summed E-state index contributed by atoms with van der Waals surface area (Å²) in [5.41, 5.74) is 0.271. The highest BCUT2D eigenvalue weighted by molar-refractivity contribution is 8.30. The molecule has 0 spiro atoms. The first-order valence-corrected chi connectivity index (χ1v) is 16.1. The van der Waals surface area contributed by atoms with Crippen LogP contribution >= 0.6 is 59.1 Å². The Labute approximate surface area is 264 Å². The van der Waals surface area contributed by atoms with Crippen LogP contribution in [0.1, 0.15) is 12.8 Å². The van der Waals surface area contributed by atoms with E-state index in [4.69, 9.17) is 32.1 Å². The number of hydrogen-bond acceptors (Lipinski definition) is 15. The summed E-state index contributed by atoms with van der Waals surface area (Å²) in [5, 5.41) is 31.2. The second kappa shape index (κ2) is 13.7. The maximum absolute atomic E-state index is 13.4. The third kappa shape index (κ3) is 6.88. The van der Waals surface area contributed by atoms with Crippen molar-refractivity contribution < 1.29 is 48.7 Å². The van der Waals surface area contributed by atoms with Crippen molar-refractivity contribution in [1.29, 1.82) is 0 Å². The van der Waals surface area contributed by atoms with Crippen LogP contribution in [0.5, 0.6) is 11.5 Å². The molecule has 3 aliphatic heterocycles. The number of thioether (sulfide) groups is 2. The molecule has 228 valence electrons. The highest BCUT2D eigenvalue weighted by Crippen LogP contribution is 2.51. The van der Waals surface area contributed by atoms with Crippen molar-refractivity contribution in [3.05, 3.63) is 42.8 Å². The zero-order valence-electron chi connectivity index (χ0n) is 21.7. The van der Waals surface area contributed by atoms with Crippen LogP contribution in [-0.4, -0.2) is 72.7 Å².